The van der Waals surface area contributed by atoms with Crippen molar-refractivity contribution in [1.29, 1.82) is 0 Å². The maximum Gasteiger partial charge on any atom is 0.0487 e. The van der Waals surface area contributed by atoms with Crippen LogP contribution in [0.3, 0.4) is 0 Å². The van der Waals surface area contributed by atoms with Gasteiger partial charge in [-0.2, -0.15) is 0 Å². The average molecular weight is 259 g/mol. The largest absolute Gasteiger partial charge is 0.0837 e. The summed E-state index contributed by atoms with van der Waals surface area (Å²) >= 11 is 6.29. The molecule has 0 fully saturated rings. The molecule has 0 aliphatic carbocycles. The Labute approximate surface area is 115 Å². The molecule has 0 aliphatic heterocycles. The van der Waals surface area contributed by atoms with Gasteiger partial charge in [0, 0.05) is 10.6 Å². The Hall–Kier alpha value is -1.27. The molecule has 0 saturated carbocycles. The van der Waals surface area contributed by atoms with E-state index in [0.717, 1.165) is 10.6 Å². The van der Waals surface area contributed by atoms with Crippen molar-refractivity contribution in [3.8, 4) is 11.1 Å². The Bertz CT molecular complexity index is 525. The van der Waals surface area contributed by atoms with Crippen molar-refractivity contribution in [3.05, 3.63) is 58.6 Å². The van der Waals surface area contributed by atoms with E-state index in [2.05, 4.69) is 58.0 Å². The average Bonchev–Trinajstić information content (AvgIpc) is 2.28. The third kappa shape index (κ3) is 2.59. The van der Waals surface area contributed by atoms with Crippen molar-refractivity contribution in [2.75, 3.05) is 0 Å². The molecule has 1 heteroatoms. The van der Waals surface area contributed by atoms with Gasteiger partial charge in [-0.3, -0.25) is 0 Å². The molecule has 0 aromatic heterocycles. The summed E-state index contributed by atoms with van der Waals surface area (Å²) in [5, 5.41) is 0.818. The van der Waals surface area contributed by atoms with Crippen LogP contribution in [-0.2, 0) is 5.41 Å². The Morgan fingerprint density at radius 1 is 0.889 bits per heavy atom. The van der Waals surface area contributed by atoms with Gasteiger partial charge in [0.05, 0.1) is 0 Å². The van der Waals surface area contributed by atoms with Crippen LogP contribution >= 0.6 is 11.6 Å². The summed E-state index contributed by atoms with van der Waals surface area (Å²) in [5.41, 5.74) is 5.07. The molecule has 0 atom stereocenters. The summed E-state index contributed by atoms with van der Waals surface area (Å²) in [4.78, 5) is 0. The van der Waals surface area contributed by atoms with Gasteiger partial charge in [0.1, 0.15) is 0 Å². The minimum absolute atomic E-state index is 0.189. The SMILES string of the molecule is Cc1cccc(Cl)c1-c1ccc(C(C)(C)C)cc1. The number of benzene rings is 2. The summed E-state index contributed by atoms with van der Waals surface area (Å²) in [6.45, 7) is 8.77. The van der Waals surface area contributed by atoms with E-state index in [1.54, 1.807) is 0 Å². The van der Waals surface area contributed by atoms with E-state index >= 15 is 0 Å². The molecule has 0 N–H and O–H groups in total. The topological polar surface area (TPSA) is 0 Å². The van der Waals surface area contributed by atoms with E-state index < -0.39 is 0 Å². The molecule has 0 spiro atoms. The van der Waals surface area contributed by atoms with Crippen LogP contribution in [0.5, 0.6) is 0 Å². The van der Waals surface area contributed by atoms with Crippen LogP contribution in [0.15, 0.2) is 42.5 Å². The van der Waals surface area contributed by atoms with E-state index in [1.165, 1.54) is 16.7 Å². The molecule has 18 heavy (non-hydrogen) atoms. The second-order valence-corrected chi connectivity index (χ2v) is 6.17. The molecule has 0 radical (unpaired) electrons. The molecule has 0 aliphatic rings. The minimum atomic E-state index is 0.189. The van der Waals surface area contributed by atoms with Crippen LogP contribution in [0, 0.1) is 6.92 Å². The first-order valence-electron chi connectivity index (χ1n) is 6.25. The van der Waals surface area contributed by atoms with Gasteiger partial charge >= 0.3 is 0 Å². The van der Waals surface area contributed by atoms with Gasteiger partial charge in [0.2, 0.25) is 0 Å². The lowest BCUT2D eigenvalue weighted by Gasteiger charge is -2.19. The van der Waals surface area contributed by atoms with Crippen LogP contribution in [0.1, 0.15) is 31.9 Å². The Morgan fingerprint density at radius 3 is 2.00 bits per heavy atom. The van der Waals surface area contributed by atoms with E-state index in [0.29, 0.717) is 0 Å². The van der Waals surface area contributed by atoms with Crippen molar-refractivity contribution < 1.29 is 0 Å². The third-order valence-electron chi connectivity index (χ3n) is 3.26. The molecule has 0 bridgehead atoms. The number of hydrogen-bond donors (Lipinski definition) is 0. The molecule has 0 unspecified atom stereocenters. The monoisotopic (exact) mass is 258 g/mol. The molecule has 0 amide bonds. The Balaban J connectivity index is 2.47. The first-order valence-corrected chi connectivity index (χ1v) is 6.63. The number of halogens is 1. The zero-order valence-corrected chi connectivity index (χ0v) is 12.2. The van der Waals surface area contributed by atoms with Crippen molar-refractivity contribution in [2.45, 2.75) is 33.1 Å². The number of rotatable bonds is 1. The molecular formula is C17H19Cl. The summed E-state index contributed by atoms with van der Waals surface area (Å²) in [5.74, 6) is 0. The second kappa shape index (κ2) is 4.78. The van der Waals surface area contributed by atoms with Gasteiger partial charge in [-0.1, -0.05) is 68.8 Å². The van der Waals surface area contributed by atoms with Crippen molar-refractivity contribution in [1.82, 2.24) is 0 Å². The fraction of sp³-hybridized carbons (Fsp3) is 0.294. The van der Waals surface area contributed by atoms with E-state index in [-0.39, 0.29) is 5.41 Å². The lowest BCUT2D eigenvalue weighted by Crippen LogP contribution is -2.10. The van der Waals surface area contributed by atoms with Gasteiger partial charge in [-0.15, -0.1) is 0 Å². The lowest BCUT2D eigenvalue weighted by molar-refractivity contribution is 0.590. The quantitative estimate of drug-likeness (QED) is 0.623. The lowest BCUT2D eigenvalue weighted by atomic mass is 9.86. The molecule has 0 saturated heterocycles. The van der Waals surface area contributed by atoms with Crippen molar-refractivity contribution >= 4 is 11.6 Å². The van der Waals surface area contributed by atoms with Crippen LogP contribution < -0.4 is 0 Å². The maximum absolute atomic E-state index is 6.29. The number of aryl methyl sites for hydroxylation is 1. The smallest absolute Gasteiger partial charge is 0.0487 e. The molecule has 0 heterocycles. The molecular weight excluding hydrogens is 240 g/mol. The van der Waals surface area contributed by atoms with E-state index in [4.69, 9.17) is 11.6 Å². The van der Waals surface area contributed by atoms with Gasteiger partial charge < -0.3 is 0 Å². The number of hydrogen-bond acceptors (Lipinski definition) is 0. The summed E-state index contributed by atoms with van der Waals surface area (Å²) in [7, 11) is 0. The highest BCUT2D eigenvalue weighted by Crippen LogP contribution is 2.32. The molecule has 0 nitrogen and oxygen atoms in total. The highest BCUT2D eigenvalue weighted by Gasteiger charge is 2.14. The standard InChI is InChI=1S/C17H19Cl/c1-12-6-5-7-15(18)16(12)13-8-10-14(11-9-13)17(2,3)4/h5-11H,1-4H3. The summed E-state index contributed by atoms with van der Waals surface area (Å²) in [6, 6.07) is 14.7. The Morgan fingerprint density at radius 2 is 1.50 bits per heavy atom. The van der Waals surface area contributed by atoms with Gasteiger partial charge in [-0.05, 0) is 35.1 Å². The maximum atomic E-state index is 6.29. The second-order valence-electron chi connectivity index (χ2n) is 5.76. The first-order chi connectivity index (χ1) is 8.39. The van der Waals surface area contributed by atoms with E-state index in [1.807, 2.05) is 12.1 Å². The van der Waals surface area contributed by atoms with Gasteiger partial charge in [-0.25, -0.2) is 0 Å². The molecule has 2 aromatic rings. The van der Waals surface area contributed by atoms with Crippen molar-refractivity contribution in [3.63, 3.8) is 0 Å². The molecule has 2 rings (SSSR count). The third-order valence-corrected chi connectivity index (χ3v) is 3.58. The zero-order valence-electron chi connectivity index (χ0n) is 11.4. The van der Waals surface area contributed by atoms with Crippen LogP contribution in [0.4, 0.5) is 0 Å². The van der Waals surface area contributed by atoms with Crippen LogP contribution in [0.25, 0.3) is 11.1 Å². The van der Waals surface area contributed by atoms with Gasteiger partial charge in [0.15, 0.2) is 0 Å². The Kier molecular flexibility index (Phi) is 3.49. The zero-order chi connectivity index (χ0) is 13.3. The highest BCUT2D eigenvalue weighted by atomic mass is 35.5. The summed E-state index contributed by atoms with van der Waals surface area (Å²) in [6.07, 6.45) is 0. The predicted molar refractivity (Wildman–Crippen MR) is 80.3 cm³/mol. The summed E-state index contributed by atoms with van der Waals surface area (Å²) < 4.78 is 0. The van der Waals surface area contributed by atoms with Crippen LogP contribution in [-0.4, -0.2) is 0 Å². The fourth-order valence-electron chi connectivity index (χ4n) is 2.13. The molecule has 2 aromatic carbocycles. The highest BCUT2D eigenvalue weighted by molar-refractivity contribution is 6.33. The normalized spacial score (nSPS) is 11.6. The van der Waals surface area contributed by atoms with Gasteiger partial charge in [0.25, 0.3) is 0 Å². The minimum Gasteiger partial charge on any atom is -0.0837 e. The van der Waals surface area contributed by atoms with Crippen molar-refractivity contribution in [2.24, 2.45) is 0 Å². The fourth-order valence-corrected chi connectivity index (χ4v) is 2.47. The van der Waals surface area contributed by atoms with Crippen LogP contribution in [0.2, 0.25) is 5.02 Å². The molecule has 94 valence electrons. The first kappa shape index (κ1) is 13.2. The van der Waals surface area contributed by atoms with E-state index in [9.17, 15) is 0 Å². The predicted octanol–water partition coefficient (Wildman–Crippen LogP) is 5.61.